The molecule has 146 valence electrons. The van der Waals surface area contributed by atoms with E-state index in [9.17, 15) is 9.59 Å². The first-order chi connectivity index (χ1) is 14.0. The van der Waals surface area contributed by atoms with Gasteiger partial charge in [0, 0.05) is 10.9 Å². The number of benzene rings is 2. The Morgan fingerprint density at radius 2 is 1.76 bits per heavy atom. The number of methoxy groups -OCH3 is 2. The van der Waals surface area contributed by atoms with Crippen molar-refractivity contribution in [2.24, 2.45) is 0 Å². The zero-order valence-electron chi connectivity index (χ0n) is 15.5. The third-order valence-corrected chi connectivity index (χ3v) is 5.04. The second-order valence-corrected chi connectivity index (χ2v) is 6.87. The van der Waals surface area contributed by atoms with Crippen molar-refractivity contribution >= 4 is 38.8 Å². The van der Waals surface area contributed by atoms with E-state index in [2.05, 4.69) is 31.2 Å². The highest BCUT2D eigenvalue weighted by atomic mass is 79.9. The van der Waals surface area contributed by atoms with Gasteiger partial charge in [-0.25, -0.2) is 14.3 Å². The second kappa shape index (κ2) is 7.51. The molecule has 0 fully saturated rings. The van der Waals surface area contributed by atoms with E-state index < -0.39 is 11.9 Å². The first-order valence-corrected chi connectivity index (χ1v) is 9.33. The molecule has 0 aliphatic rings. The van der Waals surface area contributed by atoms with E-state index in [1.807, 2.05) is 24.3 Å². The molecule has 0 saturated carbocycles. The van der Waals surface area contributed by atoms with Crippen molar-refractivity contribution in [2.75, 3.05) is 14.2 Å². The lowest BCUT2D eigenvalue weighted by molar-refractivity contribution is 0.0549. The Labute approximate surface area is 173 Å². The smallest absolute Gasteiger partial charge is 0.357 e. The predicted molar refractivity (Wildman–Crippen MR) is 109 cm³/mol. The van der Waals surface area contributed by atoms with Gasteiger partial charge in [0.15, 0.2) is 5.69 Å². The number of rotatable bonds is 4. The summed E-state index contributed by atoms with van der Waals surface area (Å²) < 4.78 is 12.0. The van der Waals surface area contributed by atoms with Crippen molar-refractivity contribution in [3.8, 4) is 16.9 Å². The maximum absolute atomic E-state index is 12.7. The third kappa shape index (κ3) is 3.19. The highest BCUT2D eigenvalue weighted by Crippen LogP contribution is 2.32. The number of nitrogens with zero attached hydrogens (tertiary/aromatic N) is 3. The summed E-state index contributed by atoms with van der Waals surface area (Å²) in [5, 5.41) is 12.4. The van der Waals surface area contributed by atoms with E-state index >= 15 is 0 Å². The minimum atomic E-state index is -0.696. The number of fused-ring (bicyclic) bond motifs is 1. The number of carbonyl (C=O) groups is 2. The molecular weight excluding hydrogens is 440 g/mol. The van der Waals surface area contributed by atoms with Crippen LogP contribution in [0.25, 0.3) is 27.8 Å². The Bertz CT molecular complexity index is 1230. The molecule has 0 unspecified atom stereocenters. The molecule has 2 aromatic carbocycles. The second-order valence-electron chi connectivity index (χ2n) is 6.07. The van der Waals surface area contributed by atoms with Gasteiger partial charge in [0.05, 0.1) is 25.4 Å². The molecule has 0 atom stereocenters. The number of carbonyl (C=O) groups excluding carboxylic acids is 2. The van der Waals surface area contributed by atoms with Crippen LogP contribution in [0.15, 0.2) is 53.1 Å². The minimum Gasteiger partial charge on any atom is -0.465 e. The summed E-state index contributed by atoms with van der Waals surface area (Å²) in [6.07, 6.45) is 0. The van der Waals surface area contributed by atoms with Gasteiger partial charge >= 0.3 is 11.9 Å². The quantitative estimate of drug-likeness (QED) is 0.471. The van der Waals surface area contributed by atoms with E-state index in [0.717, 1.165) is 10.9 Å². The molecule has 0 saturated heterocycles. The van der Waals surface area contributed by atoms with Crippen molar-refractivity contribution in [1.82, 2.24) is 20.0 Å². The van der Waals surface area contributed by atoms with Crippen LogP contribution in [0.5, 0.6) is 0 Å². The Kier molecular flexibility index (Phi) is 4.89. The maximum atomic E-state index is 12.7. The molecule has 0 amide bonds. The maximum Gasteiger partial charge on any atom is 0.357 e. The third-order valence-electron chi connectivity index (χ3n) is 4.44. The molecule has 2 heterocycles. The number of hydrogen-bond acceptors (Lipinski definition) is 6. The Hall–Kier alpha value is -3.46. The zero-order valence-corrected chi connectivity index (χ0v) is 17.1. The minimum absolute atomic E-state index is 0.00749. The highest BCUT2D eigenvalue weighted by Gasteiger charge is 2.31. The number of nitrogens with one attached hydrogen (secondary N) is 1. The lowest BCUT2D eigenvalue weighted by Gasteiger charge is -2.07. The van der Waals surface area contributed by atoms with Crippen molar-refractivity contribution in [3.05, 3.63) is 64.4 Å². The van der Waals surface area contributed by atoms with Crippen LogP contribution in [0.2, 0.25) is 0 Å². The number of halogens is 1. The lowest BCUT2D eigenvalue weighted by atomic mass is 10.0. The van der Waals surface area contributed by atoms with Gasteiger partial charge in [-0.3, -0.25) is 5.10 Å². The van der Waals surface area contributed by atoms with E-state index in [0.29, 0.717) is 21.5 Å². The molecular formula is C20H15BrN4O4. The number of aromatic nitrogens is 4. The monoisotopic (exact) mass is 454 g/mol. The van der Waals surface area contributed by atoms with E-state index in [1.165, 1.54) is 18.9 Å². The van der Waals surface area contributed by atoms with Gasteiger partial charge in [0.2, 0.25) is 0 Å². The van der Waals surface area contributed by atoms with Crippen LogP contribution in [0.1, 0.15) is 20.8 Å². The fraction of sp³-hybridized carbons (Fsp3) is 0.100. The molecule has 1 N–H and O–H groups in total. The number of H-pyrrole nitrogens is 1. The molecule has 0 aliphatic carbocycles. The SMILES string of the molecule is COC(=O)c1c(-c2ccc3n[nH]c(Br)c3c2)nn(-c2ccccc2)c1C(=O)OC. The van der Waals surface area contributed by atoms with Crippen LogP contribution in [0, 0.1) is 0 Å². The lowest BCUT2D eigenvalue weighted by Crippen LogP contribution is -2.15. The summed E-state index contributed by atoms with van der Waals surface area (Å²) in [5.41, 5.74) is 2.30. The largest absolute Gasteiger partial charge is 0.465 e. The number of para-hydroxylation sites is 1. The summed E-state index contributed by atoms with van der Waals surface area (Å²) in [7, 11) is 2.50. The van der Waals surface area contributed by atoms with E-state index in [1.54, 1.807) is 24.3 Å². The van der Waals surface area contributed by atoms with Crippen LogP contribution < -0.4 is 0 Å². The Balaban J connectivity index is 2.04. The molecule has 4 aromatic rings. The van der Waals surface area contributed by atoms with Gasteiger partial charge in [0.1, 0.15) is 15.9 Å². The fourth-order valence-electron chi connectivity index (χ4n) is 3.08. The molecule has 0 spiro atoms. The molecule has 29 heavy (non-hydrogen) atoms. The highest BCUT2D eigenvalue weighted by molar-refractivity contribution is 9.10. The fourth-order valence-corrected chi connectivity index (χ4v) is 3.49. The number of ether oxygens (including phenoxy) is 2. The van der Waals surface area contributed by atoms with Crippen molar-refractivity contribution in [1.29, 1.82) is 0 Å². The average Bonchev–Trinajstić information content (AvgIpc) is 3.34. The van der Waals surface area contributed by atoms with Gasteiger partial charge in [-0.1, -0.05) is 24.3 Å². The van der Waals surface area contributed by atoms with Crippen LogP contribution in [-0.2, 0) is 9.47 Å². The molecule has 0 aliphatic heterocycles. The molecule has 0 bridgehead atoms. The predicted octanol–water partition coefficient (Wildman–Crippen LogP) is 3.75. The first kappa shape index (κ1) is 18.9. The van der Waals surface area contributed by atoms with Gasteiger partial charge in [-0.2, -0.15) is 10.2 Å². The van der Waals surface area contributed by atoms with Crippen LogP contribution in [-0.4, -0.2) is 46.1 Å². The van der Waals surface area contributed by atoms with Crippen LogP contribution in [0.4, 0.5) is 0 Å². The zero-order chi connectivity index (χ0) is 20.5. The van der Waals surface area contributed by atoms with Crippen LogP contribution in [0.3, 0.4) is 0 Å². The Morgan fingerprint density at radius 1 is 1.03 bits per heavy atom. The summed E-state index contributed by atoms with van der Waals surface area (Å²) >= 11 is 3.42. The van der Waals surface area contributed by atoms with Gasteiger partial charge in [-0.15, -0.1) is 0 Å². The van der Waals surface area contributed by atoms with Crippen molar-refractivity contribution in [3.63, 3.8) is 0 Å². The van der Waals surface area contributed by atoms with E-state index in [-0.39, 0.29) is 11.3 Å². The summed E-state index contributed by atoms with van der Waals surface area (Å²) in [6, 6.07) is 14.4. The van der Waals surface area contributed by atoms with Crippen molar-refractivity contribution < 1.29 is 19.1 Å². The standard InChI is InChI=1S/C20H15BrN4O4/c1-28-19(26)15-16(11-8-9-14-13(10-11)18(21)23-22-14)24-25(17(15)20(27)29-2)12-6-4-3-5-7-12/h3-10H,1-2H3,(H,22,23). The topological polar surface area (TPSA) is 99.1 Å². The van der Waals surface area contributed by atoms with E-state index in [4.69, 9.17) is 9.47 Å². The van der Waals surface area contributed by atoms with Gasteiger partial charge in [-0.05, 0) is 40.2 Å². The molecule has 4 rings (SSSR count). The summed E-state index contributed by atoms with van der Waals surface area (Å²) in [5.74, 6) is -1.38. The molecule has 0 radical (unpaired) electrons. The molecule has 2 aromatic heterocycles. The Morgan fingerprint density at radius 3 is 2.45 bits per heavy atom. The number of esters is 2. The van der Waals surface area contributed by atoms with Gasteiger partial charge in [0.25, 0.3) is 0 Å². The first-order valence-electron chi connectivity index (χ1n) is 8.54. The molecule has 9 heteroatoms. The summed E-state index contributed by atoms with van der Waals surface area (Å²) in [6.45, 7) is 0. The van der Waals surface area contributed by atoms with Crippen LogP contribution >= 0.6 is 15.9 Å². The number of hydrogen-bond donors (Lipinski definition) is 1. The number of aromatic amines is 1. The average molecular weight is 455 g/mol. The van der Waals surface area contributed by atoms with Crippen molar-refractivity contribution in [2.45, 2.75) is 0 Å². The normalized spacial score (nSPS) is 10.9. The van der Waals surface area contributed by atoms with Gasteiger partial charge < -0.3 is 9.47 Å². The molecule has 8 nitrogen and oxygen atoms in total. The summed E-state index contributed by atoms with van der Waals surface area (Å²) in [4.78, 5) is 25.3.